The zero-order chi connectivity index (χ0) is 32.2. The summed E-state index contributed by atoms with van der Waals surface area (Å²) < 4.78 is 49.5. The Morgan fingerprint density at radius 3 is 2.33 bits per heavy atom. The second kappa shape index (κ2) is 16.2. The summed E-state index contributed by atoms with van der Waals surface area (Å²) in [6.07, 6.45) is 1.83. The molecule has 0 aromatic heterocycles. The Morgan fingerprint density at radius 2 is 1.69 bits per heavy atom. The number of carbonyl (C=O) groups is 2. The van der Waals surface area contributed by atoms with Gasteiger partial charge in [0, 0.05) is 32.0 Å². The summed E-state index contributed by atoms with van der Waals surface area (Å²) in [6.45, 7) is -0.234. The van der Waals surface area contributed by atoms with E-state index in [0.717, 1.165) is 15.4 Å². The van der Waals surface area contributed by atoms with E-state index in [1.54, 1.807) is 42.5 Å². The summed E-state index contributed by atoms with van der Waals surface area (Å²) in [6, 6.07) is 22.6. The molecule has 3 aromatic carbocycles. The lowest BCUT2D eigenvalue weighted by Crippen LogP contribution is -2.38. The third kappa shape index (κ3) is 9.14. The van der Waals surface area contributed by atoms with Gasteiger partial charge < -0.3 is 29.4 Å². The molecule has 0 saturated carbocycles. The number of amides is 1. The quantitative estimate of drug-likeness (QED) is 0.240. The highest BCUT2D eigenvalue weighted by molar-refractivity contribution is 7.89. The number of ether oxygens (including phenoxy) is 4. The number of benzene rings is 3. The zero-order valence-electron chi connectivity index (χ0n) is 25.3. The lowest BCUT2D eigenvalue weighted by molar-refractivity contribution is -0.146. The largest absolute Gasteiger partial charge is 0.497 e. The van der Waals surface area contributed by atoms with Crippen LogP contribution in [0.2, 0.25) is 0 Å². The monoisotopic (exact) mass is 638 g/mol. The van der Waals surface area contributed by atoms with Crippen molar-refractivity contribution in [2.45, 2.75) is 29.9 Å². The molecule has 4 rings (SSSR count). The molecule has 1 amide bonds. The number of methoxy groups -OCH3 is 2. The first kappa shape index (κ1) is 33.7. The number of nitrogens with one attached hydrogen (secondary N) is 1. The second-order valence-electron chi connectivity index (χ2n) is 10.2. The molecule has 0 bridgehead atoms. The lowest BCUT2D eigenvalue weighted by atomic mass is 9.92. The first-order chi connectivity index (χ1) is 21.7. The van der Waals surface area contributed by atoms with Gasteiger partial charge in [-0.1, -0.05) is 42.5 Å². The predicted octanol–water partition coefficient (Wildman–Crippen LogP) is 3.25. The first-order valence-electron chi connectivity index (χ1n) is 14.5. The minimum Gasteiger partial charge on any atom is -0.497 e. The summed E-state index contributed by atoms with van der Waals surface area (Å²) in [5, 5.41) is 12.5. The normalized spacial score (nSPS) is 16.4. The van der Waals surface area contributed by atoms with Gasteiger partial charge in [0.1, 0.15) is 5.75 Å². The maximum absolute atomic E-state index is 13.3. The number of hydrogen-bond acceptors (Lipinski definition) is 9. The topological polar surface area (TPSA) is 141 Å². The van der Waals surface area contributed by atoms with Gasteiger partial charge >= 0.3 is 5.97 Å². The predicted molar refractivity (Wildman–Crippen MR) is 166 cm³/mol. The van der Waals surface area contributed by atoms with Gasteiger partial charge in [0.25, 0.3) is 5.91 Å². The van der Waals surface area contributed by atoms with Crippen LogP contribution in [0.5, 0.6) is 5.75 Å². The van der Waals surface area contributed by atoms with Crippen LogP contribution in [0.1, 0.15) is 33.8 Å². The van der Waals surface area contributed by atoms with E-state index in [4.69, 9.17) is 18.9 Å². The highest BCUT2D eigenvalue weighted by Gasteiger charge is 2.30. The van der Waals surface area contributed by atoms with Gasteiger partial charge in [0.05, 0.1) is 37.9 Å². The lowest BCUT2D eigenvalue weighted by Gasteiger charge is -2.30. The summed E-state index contributed by atoms with van der Waals surface area (Å²) in [7, 11) is -1.13. The van der Waals surface area contributed by atoms with E-state index in [0.29, 0.717) is 30.7 Å². The van der Waals surface area contributed by atoms with Gasteiger partial charge in [-0.2, -0.15) is 4.31 Å². The van der Waals surface area contributed by atoms with Crippen molar-refractivity contribution >= 4 is 21.9 Å². The molecule has 1 aliphatic heterocycles. The average Bonchev–Trinajstić information content (AvgIpc) is 3.07. The standard InChI is InChI=1S/C33H38N2O9S/c1-41-28-12-14-29(15-13-28)45(39,40)35(18-20-36)19-21-43-31-23-27(25-8-10-26(11-9-25)33(38)42-2)22-30(44-31)32(37)34-17-16-24-6-4-3-5-7-24/h3-15,22,27,31,36H,16-21,23H2,1-2H3,(H,34,37)/t27-,31+/m1/s1. The Bertz CT molecular complexity index is 1540. The van der Waals surface area contributed by atoms with Crippen LogP contribution < -0.4 is 10.1 Å². The second-order valence-corrected chi connectivity index (χ2v) is 12.1. The van der Waals surface area contributed by atoms with Crippen molar-refractivity contribution in [1.82, 2.24) is 9.62 Å². The summed E-state index contributed by atoms with van der Waals surface area (Å²) in [4.78, 5) is 25.1. The average molecular weight is 639 g/mol. The van der Waals surface area contributed by atoms with Crippen LogP contribution in [0.15, 0.2) is 95.6 Å². The van der Waals surface area contributed by atoms with Crippen molar-refractivity contribution in [2.75, 3.05) is 47.1 Å². The number of hydrogen-bond donors (Lipinski definition) is 2. The number of carbonyl (C=O) groups excluding carboxylic acids is 2. The zero-order valence-corrected chi connectivity index (χ0v) is 26.1. The van der Waals surface area contributed by atoms with E-state index in [2.05, 4.69) is 5.32 Å². The van der Waals surface area contributed by atoms with E-state index in [9.17, 15) is 23.1 Å². The van der Waals surface area contributed by atoms with E-state index in [-0.39, 0.29) is 42.9 Å². The fourth-order valence-corrected chi connectivity index (χ4v) is 6.25. The van der Waals surface area contributed by atoms with Gasteiger partial charge in [-0.3, -0.25) is 4.79 Å². The van der Waals surface area contributed by atoms with Crippen LogP contribution in [0.3, 0.4) is 0 Å². The van der Waals surface area contributed by atoms with Crippen LogP contribution >= 0.6 is 0 Å². The third-order valence-electron chi connectivity index (χ3n) is 7.27. The van der Waals surface area contributed by atoms with Crippen LogP contribution in [0.25, 0.3) is 0 Å². The van der Waals surface area contributed by atoms with E-state index >= 15 is 0 Å². The molecule has 0 saturated heterocycles. The Labute approximate surface area is 263 Å². The van der Waals surface area contributed by atoms with Crippen molar-refractivity contribution in [1.29, 1.82) is 0 Å². The van der Waals surface area contributed by atoms with Crippen LogP contribution in [-0.4, -0.2) is 83.1 Å². The number of nitrogens with zero attached hydrogens (tertiary/aromatic N) is 1. The molecule has 2 N–H and O–H groups in total. The van der Waals surface area contributed by atoms with Crippen molar-refractivity contribution in [3.8, 4) is 5.75 Å². The molecule has 2 atom stereocenters. The SMILES string of the molecule is COC(=O)c1ccc([C@@H]2C=C(C(=O)NCCc3ccccc3)O[C@H](OCCN(CCO)S(=O)(=O)c3ccc(OC)cc3)C2)cc1. The number of sulfonamides is 1. The number of aliphatic hydroxyl groups is 1. The van der Waals surface area contributed by atoms with Crippen molar-refractivity contribution in [3.63, 3.8) is 0 Å². The Kier molecular flexibility index (Phi) is 12.1. The van der Waals surface area contributed by atoms with Gasteiger partial charge in [-0.25, -0.2) is 13.2 Å². The fraction of sp³-hybridized carbons (Fsp3) is 0.333. The van der Waals surface area contributed by atoms with E-state index in [1.165, 1.54) is 26.4 Å². The van der Waals surface area contributed by atoms with Gasteiger partial charge in [-0.05, 0) is 60.0 Å². The summed E-state index contributed by atoms with van der Waals surface area (Å²) in [5.74, 6) is -0.551. The Balaban J connectivity index is 1.45. The van der Waals surface area contributed by atoms with Crippen LogP contribution in [0, 0.1) is 0 Å². The minimum absolute atomic E-state index is 0.0542. The molecule has 0 unspecified atom stereocenters. The fourth-order valence-electron chi connectivity index (χ4n) is 4.83. The van der Waals surface area contributed by atoms with E-state index < -0.39 is 28.2 Å². The number of allylic oxidation sites excluding steroid dienone is 1. The highest BCUT2D eigenvalue weighted by Crippen LogP contribution is 2.32. The number of esters is 1. The van der Waals surface area contributed by atoms with Crippen LogP contribution in [0.4, 0.5) is 0 Å². The maximum Gasteiger partial charge on any atom is 0.337 e. The molecule has 12 heteroatoms. The summed E-state index contributed by atoms with van der Waals surface area (Å²) >= 11 is 0. The minimum atomic E-state index is -3.93. The molecule has 45 heavy (non-hydrogen) atoms. The van der Waals surface area contributed by atoms with Crippen molar-refractivity contribution in [3.05, 3.63) is 107 Å². The summed E-state index contributed by atoms with van der Waals surface area (Å²) in [5.41, 5.74) is 2.31. The molecule has 0 aliphatic carbocycles. The molecule has 1 aliphatic rings. The molecule has 11 nitrogen and oxygen atoms in total. The Hall–Kier alpha value is -4.23. The van der Waals surface area contributed by atoms with Crippen LogP contribution in [-0.2, 0) is 35.4 Å². The Morgan fingerprint density at radius 1 is 0.978 bits per heavy atom. The van der Waals surface area contributed by atoms with E-state index in [1.807, 2.05) is 30.3 Å². The molecule has 0 radical (unpaired) electrons. The number of aliphatic hydroxyl groups excluding tert-OH is 1. The molecule has 240 valence electrons. The number of rotatable bonds is 15. The van der Waals surface area contributed by atoms with Gasteiger partial charge in [-0.15, -0.1) is 0 Å². The van der Waals surface area contributed by atoms with Gasteiger partial charge in [0.2, 0.25) is 16.3 Å². The maximum atomic E-state index is 13.3. The highest BCUT2D eigenvalue weighted by atomic mass is 32.2. The molecule has 3 aromatic rings. The molecule has 1 heterocycles. The molecular weight excluding hydrogens is 600 g/mol. The third-order valence-corrected chi connectivity index (χ3v) is 9.19. The van der Waals surface area contributed by atoms with Gasteiger partial charge in [0.15, 0.2) is 5.76 Å². The smallest absolute Gasteiger partial charge is 0.337 e. The molecule has 0 spiro atoms. The molecular formula is C33H38N2O9S. The first-order valence-corrected chi connectivity index (χ1v) is 15.9. The van der Waals surface area contributed by atoms with Crippen molar-refractivity contribution in [2.24, 2.45) is 0 Å². The molecule has 0 fully saturated rings. The van der Waals surface area contributed by atoms with Crippen molar-refractivity contribution < 1.29 is 42.1 Å².